The maximum atomic E-state index is 11.4. The zero-order chi connectivity index (χ0) is 12.1. The van der Waals surface area contributed by atoms with Crippen molar-refractivity contribution in [2.75, 3.05) is 32.8 Å². The van der Waals surface area contributed by atoms with Gasteiger partial charge in [-0.15, -0.1) is 0 Å². The lowest BCUT2D eigenvalue weighted by Gasteiger charge is -2.32. The van der Waals surface area contributed by atoms with Crippen molar-refractivity contribution in [1.29, 1.82) is 0 Å². The van der Waals surface area contributed by atoms with Gasteiger partial charge in [-0.05, 0) is 32.4 Å². The highest BCUT2D eigenvalue weighted by Gasteiger charge is 2.43. The topological polar surface area (TPSA) is 49.8 Å². The Morgan fingerprint density at radius 3 is 2.35 bits per heavy atom. The standard InChI is InChI=1S/C13H23NO3/c15-12(16)13(6-9-17-11-13)10-14-7-4-2-1-3-5-8-14/h1-11H2,(H,15,16). The van der Waals surface area contributed by atoms with Crippen molar-refractivity contribution in [1.82, 2.24) is 4.90 Å². The second-order valence-electron chi connectivity index (χ2n) is 5.43. The van der Waals surface area contributed by atoms with Crippen molar-refractivity contribution in [3.05, 3.63) is 0 Å². The van der Waals surface area contributed by atoms with Crippen LogP contribution in [0, 0.1) is 5.41 Å². The van der Waals surface area contributed by atoms with Crippen LogP contribution < -0.4 is 0 Å². The fourth-order valence-corrected chi connectivity index (χ4v) is 2.87. The average Bonchev–Trinajstić information content (AvgIpc) is 2.71. The highest BCUT2D eigenvalue weighted by atomic mass is 16.5. The third-order valence-corrected chi connectivity index (χ3v) is 4.03. The molecule has 2 aliphatic rings. The average molecular weight is 241 g/mol. The summed E-state index contributed by atoms with van der Waals surface area (Å²) in [6, 6.07) is 0. The largest absolute Gasteiger partial charge is 0.481 e. The molecule has 1 atom stereocenters. The van der Waals surface area contributed by atoms with E-state index in [9.17, 15) is 9.90 Å². The van der Waals surface area contributed by atoms with E-state index in [4.69, 9.17) is 4.74 Å². The summed E-state index contributed by atoms with van der Waals surface area (Å²) in [4.78, 5) is 13.8. The molecule has 4 nitrogen and oxygen atoms in total. The van der Waals surface area contributed by atoms with E-state index < -0.39 is 11.4 Å². The minimum absolute atomic E-state index is 0.388. The van der Waals surface area contributed by atoms with Crippen molar-refractivity contribution < 1.29 is 14.6 Å². The smallest absolute Gasteiger partial charge is 0.313 e. The lowest BCUT2D eigenvalue weighted by atomic mass is 9.86. The van der Waals surface area contributed by atoms with E-state index in [-0.39, 0.29) is 0 Å². The predicted octanol–water partition coefficient (Wildman–Crippen LogP) is 1.74. The number of rotatable bonds is 3. The van der Waals surface area contributed by atoms with Crippen LogP contribution in [0.3, 0.4) is 0 Å². The molecule has 0 saturated carbocycles. The van der Waals surface area contributed by atoms with Crippen LogP contribution in [0.15, 0.2) is 0 Å². The first-order valence-electron chi connectivity index (χ1n) is 6.76. The number of carboxylic acids is 1. The predicted molar refractivity (Wildman–Crippen MR) is 65.0 cm³/mol. The van der Waals surface area contributed by atoms with Crippen molar-refractivity contribution in [2.24, 2.45) is 5.41 Å². The molecule has 0 amide bonds. The molecule has 2 aliphatic heterocycles. The molecule has 17 heavy (non-hydrogen) atoms. The van der Waals surface area contributed by atoms with Crippen molar-refractivity contribution in [3.63, 3.8) is 0 Å². The second kappa shape index (κ2) is 5.83. The lowest BCUT2D eigenvalue weighted by Crippen LogP contribution is -2.44. The van der Waals surface area contributed by atoms with Gasteiger partial charge in [0.2, 0.25) is 0 Å². The van der Waals surface area contributed by atoms with Gasteiger partial charge in [0, 0.05) is 13.2 Å². The van der Waals surface area contributed by atoms with Crippen LogP contribution in [0.4, 0.5) is 0 Å². The van der Waals surface area contributed by atoms with Gasteiger partial charge < -0.3 is 14.7 Å². The molecule has 2 rings (SSSR count). The monoisotopic (exact) mass is 241 g/mol. The van der Waals surface area contributed by atoms with Crippen LogP contribution in [-0.4, -0.2) is 48.8 Å². The molecular formula is C13H23NO3. The molecule has 4 heteroatoms. The summed E-state index contributed by atoms with van der Waals surface area (Å²) in [6.07, 6.45) is 6.98. The minimum atomic E-state index is -0.683. The van der Waals surface area contributed by atoms with Gasteiger partial charge in [-0.2, -0.15) is 0 Å². The summed E-state index contributed by atoms with van der Waals surface area (Å²) >= 11 is 0. The number of hydrogen-bond acceptors (Lipinski definition) is 3. The molecule has 1 unspecified atom stereocenters. The maximum Gasteiger partial charge on any atom is 0.313 e. The quantitative estimate of drug-likeness (QED) is 0.817. The first-order valence-corrected chi connectivity index (χ1v) is 6.76. The highest BCUT2D eigenvalue weighted by molar-refractivity contribution is 5.75. The molecule has 0 aliphatic carbocycles. The number of aliphatic carboxylic acids is 1. The Hall–Kier alpha value is -0.610. The maximum absolute atomic E-state index is 11.4. The first-order chi connectivity index (χ1) is 8.23. The molecule has 98 valence electrons. The van der Waals surface area contributed by atoms with E-state index in [1.54, 1.807) is 0 Å². The van der Waals surface area contributed by atoms with Crippen LogP contribution in [0.25, 0.3) is 0 Å². The van der Waals surface area contributed by atoms with Gasteiger partial charge in [-0.3, -0.25) is 4.79 Å². The van der Waals surface area contributed by atoms with E-state index in [1.807, 2.05) is 0 Å². The lowest BCUT2D eigenvalue weighted by molar-refractivity contribution is -0.150. The highest BCUT2D eigenvalue weighted by Crippen LogP contribution is 2.30. The fraction of sp³-hybridized carbons (Fsp3) is 0.923. The van der Waals surface area contributed by atoms with Crippen LogP contribution in [0.1, 0.15) is 38.5 Å². The molecule has 2 saturated heterocycles. The van der Waals surface area contributed by atoms with Gasteiger partial charge in [0.05, 0.1) is 6.61 Å². The van der Waals surface area contributed by atoms with Gasteiger partial charge >= 0.3 is 5.97 Å². The summed E-state index contributed by atoms with van der Waals surface area (Å²) in [6.45, 7) is 3.76. The zero-order valence-electron chi connectivity index (χ0n) is 10.5. The summed E-state index contributed by atoms with van der Waals surface area (Å²) in [5.74, 6) is -0.683. The number of carboxylic acid groups (broad SMARTS) is 1. The summed E-state index contributed by atoms with van der Waals surface area (Å²) in [7, 11) is 0. The number of likely N-dealkylation sites (tertiary alicyclic amines) is 1. The number of carbonyl (C=O) groups is 1. The summed E-state index contributed by atoms with van der Waals surface area (Å²) < 4.78 is 5.31. The first kappa shape index (κ1) is 12.8. The summed E-state index contributed by atoms with van der Waals surface area (Å²) in [5, 5.41) is 9.41. The third-order valence-electron chi connectivity index (χ3n) is 4.03. The Labute approximate surface area is 103 Å². The molecule has 0 spiro atoms. The molecule has 0 radical (unpaired) electrons. The van der Waals surface area contributed by atoms with Crippen LogP contribution in [0.5, 0.6) is 0 Å². The number of nitrogens with zero attached hydrogens (tertiary/aromatic N) is 1. The Balaban J connectivity index is 1.94. The van der Waals surface area contributed by atoms with Gasteiger partial charge in [0.25, 0.3) is 0 Å². The Morgan fingerprint density at radius 1 is 1.18 bits per heavy atom. The van der Waals surface area contributed by atoms with E-state index >= 15 is 0 Å². The minimum Gasteiger partial charge on any atom is -0.481 e. The Morgan fingerprint density at radius 2 is 1.82 bits per heavy atom. The number of ether oxygens (including phenoxy) is 1. The van der Waals surface area contributed by atoms with Crippen LogP contribution in [0.2, 0.25) is 0 Å². The van der Waals surface area contributed by atoms with E-state index in [0.29, 0.717) is 26.2 Å². The molecule has 2 fully saturated rings. The fourth-order valence-electron chi connectivity index (χ4n) is 2.87. The van der Waals surface area contributed by atoms with Gasteiger partial charge in [0.15, 0.2) is 0 Å². The summed E-state index contributed by atoms with van der Waals surface area (Å²) in [5.41, 5.74) is -0.640. The SMILES string of the molecule is O=C(O)C1(CN2CCCCCCC2)CCOC1. The molecule has 2 heterocycles. The molecular weight excluding hydrogens is 218 g/mol. The van der Waals surface area contributed by atoms with E-state index in [2.05, 4.69) is 4.90 Å². The van der Waals surface area contributed by atoms with Crippen molar-refractivity contribution in [3.8, 4) is 0 Å². The molecule has 0 aromatic heterocycles. The van der Waals surface area contributed by atoms with Crippen LogP contribution >= 0.6 is 0 Å². The van der Waals surface area contributed by atoms with E-state index in [1.165, 1.54) is 32.1 Å². The van der Waals surface area contributed by atoms with Crippen molar-refractivity contribution >= 4 is 5.97 Å². The van der Waals surface area contributed by atoms with Gasteiger partial charge in [0.1, 0.15) is 5.41 Å². The normalized spacial score (nSPS) is 32.0. The van der Waals surface area contributed by atoms with Gasteiger partial charge in [-0.25, -0.2) is 0 Å². The zero-order valence-corrected chi connectivity index (χ0v) is 10.5. The Bertz CT molecular complexity index is 253. The van der Waals surface area contributed by atoms with Crippen LogP contribution in [-0.2, 0) is 9.53 Å². The molecule has 0 aromatic carbocycles. The second-order valence-corrected chi connectivity index (χ2v) is 5.43. The van der Waals surface area contributed by atoms with E-state index in [0.717, 1.165) is 13.1 Å². The Kier molecular flexibility index (Phi) is 4.40. The van der Waals surface area contributed by atoms with Gasteiger partial charge in [-0.1, -0.05) is 19.3 Å². The molecule has 0 bridgehead atoms. The molecule has 1 N–H and O–H groups in total. The molecule has 0 aromatic rings. The third kappa shape index (κ3) is 3.19. The van der Waals surface area contributed by atoms with Crippen molar-refractivity contribution in [2.45, 2.75) is 38.5 Å². The number of hydrogen-bond donors (Lipinski definition) is 1.